The number of carbonyl (C=O) groups excluding carboxylic acids is 1. The Labute approximate surface area is 163 Å². The summed E-state index contributed by atoms with van der Waals surface area (Å²) in [6.07, 6.45) is 5.77. The van der Waals surface area contributed by atoms with Crippen molar-refractivity contribution < 1.29 is 9.53 Å². The molecular weight excluding hydrogens is 348 g/mol. The molecule has 0 saturated carbocycles. The number of likely N-dealkylation sites (tertiary alicyclic amines) is 1. The van der Waals surface area contributed by atoms with Crippen LogP contribution in [0.15, 0.2) is 24.3 Å². The second-order valence-corrected chi connectivity index (χ2v) is 8.57. The summed E-state index contributed by atoms with van der Waals surface area (Å²) in [5, 5.41) is 0.708. The zero-order chi connectivity index (χ0) is 19.0. The molecule has 146 valence electrons. The summed E-state index contributed by atoms with van der Waals surface area (Å²) in [6, 6.07) is 7.65. The van der Waals surface area contributed by atoms with Crippen LogP contribution in [0.1, 0.15) is 58.4 Å². The predicted molar refractivity (Wildman–Crippen MR) is 108 cm³/mol. The molecule has 1 heterocycles. The number of hydrogen-bond donors (Lipinski definition) is 0. The van der Waals surface area contributed by atoms with Crippen molar-refractivity contribution in [3.63, 3.8) is 0 Å². The maximum atomic E-state index is 12.6. The van der Waals surface area contributed by atoms with Crippen molar-refractivity contribution in [2.45, 2.75) is 65.0 Å². The molecule has 0 bridgehead atoms. The van der Waals surface area contributed by atoms with E-state index in [1.54, 1.807) is 0 Å². The zero-order valence-corrected chi connectivity index (χ0v) is 17.2. The summed E-state index contributed by atoms with van der Waals surface area (Å²) in [4.78, 5) is 16.9. The van der Waals surface area contributed by atoms with Gasteiger partial charge in [0.25, 0.3) is 0 Å². The number of halogens is 1. The summed E-state index contributed by atoms with van der Waals surface area (Å²) in [5.41, 5.74) is 0.586. The molecule has 0 aromatic heterocycles. The first-order valence-corrected chi connectivity index (χ1v) is 10.2. The van der Waals surface area contributed by atoms with Crippen LogP contribution in [0.5, 0.6) is 0 Å². The molecule has 0 atom stereocenters. The lowest BCUT2D eigenvalue weighted by molar-refractivity contribution is 0.0230. The van der Waals surface area contributed by atoms with Gasteiger partial charge in [-0.3, -0.25) is 0 Å². The first kappa shape index (κ1) is 21.0. The smallest absolute Gasteiger partial charge is 0.410 e. The van der Waals surface area contributed by atoms with Gasteiger partial charge in [0.15, 0.2) is 0 Å². The second-order valence-electron chi connectivity index (χ2n) is 8.14. The summed E-state index contributed by atoms with van der Waals surface area (Å²) in [6.45, 7) is 10.7. The van der Waals surface area contributed by atoms with E-state index < -0.39 is 5.60 Å². The van der Waals surface area contributed by atoms with Crippen molar-refractivity contribution in [3.05, 3.63) is 34.9 Å². The molecule has 1 aromatic rings. The van der Waals surface area contributed by atoms with Crippen molar-refractivity contribution in [2.75, 3.05) is 26.2 Å². The third-order valence-electron chi connectivity index (χ3n) is 4.54. The van der Waals surface area contributed by atoms with Crippen LogP contribution in [0.25, 0.3) is 0 Å². The highest BCUT2D eigenvalue weighted by Gasteiger charge is 2.22. The van der Waals surface area contributed by atoms with Crippen LogP contribution < -0.4 is 0 Å². The maximum Gasteiger partial charge on any atom is 0.410 e. The van der Waals surface area contributed by atoms with Gasteiger partial charge < -0.3 is 14.5 Å². The van der Waals surface area contributed by atoms with Crippen LogP contribution in [0, 0.1) is 0 Å². The van der Waals surface area contributed by atoms with Crippen molar-refractivity contribution in [1.29, 1.82) is 0 Å². The number of benzene rings is 1. The highest BCUT2D eigenvalue weighted by molar-refractivity contribution is 6.30. The quantitative estimate of drug-likeness (QED) is 0.570. The molecule has 26 heavy (non-hydrogen) atoms. The van der Waals surface area contributed by atoms with Crippen molar-refractivity contribution in [1.82, 2.24) is 9.80 Å². The maximum absolute atomic E-state index is 12.6. The van der Waals surface area contributed by atoms with Gasteiger partial charge in [0, 0.05) is 18.1 Å². The number of rotatable bonds is 8. The van der Waals surface area contributed by atoms with E-state index in [4.69, 9.17) is 16.3 Å². The molecule has 1 fully saturated rings. The zero-order valence-electron chi connectivity index (χ0n) is 16.5. The largest absolute Gasteiger partial charge is 0.444 e. The molecule has 0 spiro atoms. The lowest BCUT2D eigenvalue weighted by Gasteiger charge is -2.27. The minimum atomic E-state index is -0.481. The number of ether oxygens (including phenoxy) is 1. The van der Waals surface area contributed by atoms with E-state index in [2.05, 4.69) is 4.90 Å². The molecule has 1 aliphatic heterocycles. The van der Waals surface area contributed by atoms with E-state index in [1.165, 1.54) is 38.9 Å². The van der Waals surface area contributed by atoms with Gasteiger partial charge >= 0.3 is 6.09 Å². The van der Waals surface area contributed by atoms with Gasteiger partial charge in [-0.15, -0.1) is 0 Å². The van der Waals surface area contributed by atoms with E-state index in [0.29, 0.717) is 11.6 Å². The van der Waals surface area contributed by atoms with Gasteiger partial charge in [-0.1, -0.05) is 30.2 Å². The molecular formula is C21H33ClN2O2. The predicted octanol–water partition coefficient (Wildman–Crippen LogP) is 5.34. The van der Waals surface area contributed by atoms with Crippen LogP contribution in [0.4, 0.5) is 4.79 Å². The van der Waals surface area contributed by atoms with Gasteiger partial charge in [-0.25, -0.2) is 4.79 Å². The Bertz CT molecular complexity index is 548. The second kappa shape index (κ2) is 10.2. The molecule has 4 nitrogen and oxygen atoms in total. The molecule has 1 aromatic carbocycles. The SMILES string of the molecule is CC(C)(C)OC(=O)N(CCCCCN1CCCC1)Cc1ccc(Cl)cc1. The molecule has 0 radical (unpaired) electrons. The van der Waals surface area contributed by atoms with E-state index in [-0.39, 0.29) is 6.09 Å². The lowest BCUT2D eigenvalue weighted by atomic mass is 10.2. The first-order valence-electron chi connectivity index (χ1n) is 9.78. The molecule has 1 amide bonds. The highest BCUT2D eigenvalue weighted by Crippen LogP contribution is 2.16. The van der Waals surface area contributed by atoms with Crippen LogP contribution in [0.3, 0.4) is 0 Å². The Morgan fingerprint density at radius 3 is 2.38 bits per heavy atom. The molecule has 1 saturated heterocycles. The van der Waals surface area contributed by atoms with Gasteiger partial charge in [-0.2, -0.15) is 0 Å². The number of carbonyl (C=O) groups is 1. The van der Waals surface area contributed by atoms with Crippen molar-refractivity contribution in [2.24, 2.45) is 0 Å². The van der Waals surface area contributed by atoms with Gasteiger partial charge in [-0.05, 0) is 83.8 Å². The Morgan fingerprint density at radius 1 is 1.12 bits per heavy atom. The van der Waals surface area contributed by atoms with Crippen molar-refractivity contribution in [3.8, 4) is 0 Å². The average Bonchev–Trinajstić information content (AvgIpc) is 3.07. The summed E-state index contributed by atoms with van der Waals surface area (Å²) >= 11 is 5.96. The molecule has 5 heteroatoms. The fourth-order valence-corrected chi connectivity index (χ4v) is 3.32. The highest BCUT2D eigenvalue weighted by atomic mass is 35.5. The Morgan fingerprint density at radius 2 is 1.77 bits per heavy atom. The standard InChI is InChI=1S/C21H33ClN2O2/c1-21(2,3)26-20(25)24(17-18-9-11-19(22)12-10-18)16-6-4-5-13-23-14-7-8-15-23/h9-12H,4-8,13-17H2,1-3H3. The van der Waals surface area contributed by atoms with Crippen LogP contribution in [0.2, 0.25) is 5.02 Å². The average molecular weight is 381 g/mol. The molecule has 0 N–H and O–H groups in total. The Kier molecular flexibility index (Phi) is 8.23. The number of nitrogens with zero attached hydrogens (tertiary/aromatic N) is 2. The molecule has 0 aliphatic carbocycles. The van der Waals surface area contributed by atoms with E-state index >= 15 is 0 Å². The summed E-state index contributed by atoms with van der Waals surface area (Å²) in [5.74, 6) is 0. The molecule has 2 rings (SSSR count). The van der Waals surface area contributed by atoms with Crippen molar-refractivity contribution >= 4 is 17.7 Å². The Balaban J connectivity index is 1.82. The van der Waals surface area contributed by atoms with Crippen LogP contribution >= 0.6 is 11.6 Å². The summed E-state index contributed by atoms with van der Waals surface area (Å²) in [7, 11) is 0. The fourth-order valence-electron chi connectivity index (χ4n) is 3.19. The minimum absolute atomic E-state index is 0.244. The number of amides is 1. The van der Waals surface area contributed by atoms with E-state index in [1.807, 2.05) is 49.9 Å². The third kappa shape index (κ3) is 7.96. The number of unbranched alkanes of at least 4 members (excludes halogenated alkanes) is 2. The molecule has 1 aliphatic rings. The minimum Gasteiger partial charge on any atom is -0.444 e. The van der Waals surface area contributed by atoms with Gasteiger partial charge in [0.05, 0.1) is 0 Å². The van der Waals surface area contributed by atoms with Crippen LogP contribution in [-0.4, -0.2) is 47.7 Å². The lowest BCUT2D eigenvalue weighted by Crippen LogP contribution is -2.37. The van der Waals surface area contributed by atoms with Crippen LogP contribution in [-0.2, 0) is 11.3 Å². The normalized spacial score (nSPS) is 15.2. The van der Waals surface area contributed by atoms with Gasteiger partial charge in [0.2, 0.25) is 0 Å². The monoisotopic (exact) mass is 380 g/mol. The number of hydrogen-bond acceptors (Lipinski definition) is 3. The molecule has 0 unspecified atom stereocenters. The van der Waals surface area contributed by atoms with Gasteiger partial charge in [0.1, 0.15) is 5.60 Å². The first-order chi connectivity index (χ1) is 12.3. The van der Waals surface area contributed by atoms with E-state index in [9.17, 15) is 4.79 Å². The van der Waals surface area contributed by atoms with E-state index in [0.717, 1.165) is 24.9 Å². The topological polar surface area (TPSA) is 32.8 Å². The third-order valence-corrected chi connectivity index (χ3v) is 4.79. The summed E-state index contributed by atoms with van der Waals surface area (Å²) < 4.78 is 5.59. The Hall–Kier alpha value is -1.26. The fraction of sp³-hybridized carbons (Fsp3) is 0.667.